The van der Waals surface area contributed by atoms with Gasteiger partial charge in [-0.2, -0.15) is 13.2 Å². The number of rotatable bonds is 10. The van der Waals surface area contributed by atoms with Crippen LogP contribution in [0.4, 0.5) is 13.2 Å². The predicted molar refractivity (Wildman–Crippen MR) is 74.8 cm³/mol. The highest BCUT2D eigenvalue weighted by molar-refractivity contribution is 4.91. The summed E-state index contributed by atoms with van der Waals surface area (Å²) in [6.07, 6.45) is -0.648. The Labute approximate surface area is 123 Å². The first kappa shape index (κ1) is 17.9. The SMILES string of the molecule is CCCNCc1cn(CCN(CCC)CC(F)(F)F)nn1. The zero-order chi connectivity index (χ0) is 15.7. The van der Waals surface area contributed by atoms with Crippen molar-refractivity contribution in [2.24, 2.45) is 0 Å². The molecule has 0 aliphatic carbocycles. The molecule has 0 unspecified atom stereocenters. The fraction of sp³-hybridized carbons (Fsp3) is 0.846. The van der Waals surface area contributed by atoms with E-state index in [0.717, 1.165) is 18.7 Å². The fourth-order valence-corrected chi connectivity index (χ4v) is 2.01. The molecule has 0 atom stereocenters. The molecular weight excluding hydrogens is 283 g/mol. The van der Waals surface area contributed by atoms with Gasteiger partial charge in [-0.25, -0.2) is 0 Å². The Balaban J connectivity index is 2.41. The predicted octanol–water partition coefficient (Wildman–Crippen LogP) is 2.05. The van der Waals surface area contributed by atoms with Crippen LogP contribution in [0.2, 0.25) is 0 Å². The summed E-state index contributed by atoms with van der Waals surface area (Å²) in [5, 5.41) is 11.1. The molecule has 0 aliphatic rings. The molecule has 0 saturated carbocycles. The highest BCUT2D eigenvalue weighted by atomic mass is 19.4. The van der Waals surface area contributed by atoms with Crippen LogP contribution in [-0.2, 0) is 13.1 Å². The van der Waals surface area contributed by atoms with Crippen LogP contribution in [0.1, 0.15) is 32.4 Å². The van der Waals surface area contributed by atoms with Crippen molar-refractivity contribution in [2.45, 2.75) is 46.0 Å². The van der Waals surface area contributed by atoms with Gasteiger partial charge in [0, 0.05) is 19.3 Å². The van der Waals surface area contributed by atoms with Crippen LogP contribution in [0.3, 0.4) is 0 Å². The van der Waals surface area contributed by atoms with Crippen molar-refractivity contribution in [2.75, 3.05) is 26.2 Å². The molecule has 8 heteroatoms. The van der Waals surface area contributed by atoms with E-state index in [1.165, 1.54) is 4.90 Å². The molecule has 122 valence electrons. The third-order valence-corrected chi connectivity index (χ3v) is 2.91. The van der Waals surface area contributed by atoms with Gasteiger partial charge in [0.25, 0.3) is 0 Å². The second-order valence-electron chi connectivity index (χ2n) is 5.04. The number of aromatic nitrogens is 3. The lowest BCUT2D eigenvalue weighted by molar-refractivity contribution is -0.146. The van der Waals surface area contributed by atoms with Crippen LogP contribution >= 0.6 is 0 Å². The maximum absolute atomic E-state index is 12.4. The number of halogens is 3. The van der Waals surface area contributed by atoms with E-state index in [2.05, 4.69) is 22.6 Å². The smallest absolute Gasteiger partial charge is 0.311 e. The van der Waals surface area contributed by atoms with Crippen LogP contribution in [0.25, 0.3) is 0 Å². The number of hydrogen-bond donors (Lipinski definition) is 1. The molecule has 1 rings (SSSR count). The average Bonchev–Trinajstić information content (AvgIpc) is 2.83. The highest BCUT2D eigenvalue weighted by Gasteiger charge is 2.30. The monoisotopic (exact) mass is 307 g/mol. The van der Waals surface area contributed by atoms with E-state index >= 15 is 0 Å². The molecule has 0 aromatic carbocycles. The summed E-state index contributed by atoms with van der Waals surface area (Å²) in [5.41, 5.74) is 0.807. The third-order valence-electron chi connectivity index (χ3n) is 2.91. The summed E-state index contributed by atoms with van der Waals surface area (Å²) in [5.74, 6) is 0. The van der Waals surface area contributed by atoms with Gasteiger partial charge in [0.1, 0.15) is 0 Å². The van der Waals surface area contributed by atoms with Gasteiger partial charge in [-0.15, -0.1) is 5.10 Å². The van der Waals surface area contributed by atoms with E-state index in [1.807, 2.05) is 6.92 Å². The van der Waals surface area contributed by atoms with Crippen molar-refractivity contribution in [3.63, 3.8) is 0 Å². The fourth-order valence-electron chi connectivity index (χ4n) is 2.01. The lowest BCUT2D eigenvalue weighted by Crippen LogP contribution is -2.37. The highest BCUT2D eigenvalue weighted by Crippen LogP contribution is 2.16. The van der Waals surface area contributed by atoms with Gasteiger partial charge in [-0.1, -0.05) is 19.1 Å². The van der Waals surface area contributed by atoms with Crippen molar-refractivity contribution in [1.82, 2.24) is 25.2 Å². The molecule has 1 heterocycles. The summed E-state index contributed by atoms with van der Waals surface area (Å²) in [6.45, 7) is 5.77. The first-order valence-electron chi connectivity index (χ1n) is 7.33. The molecule has 21 heavy (non-hydrogen) atoms. The molecule has 5 nitrogen and oxygen atoms in total. The average molecular weight is 307 g/mol. The largest absolute Gasteiger partial charge is 0.401 e. The quantitative estimate of drug-likeness (QED) is 0.672. The Bertz CT molecular complexity index is 391. The minimum absolute atomic E-state index is 0.318. The number of alkyl halides is 3. The molecule has 1 N–H and O–H groups in total. The van der Waals surface area contributed by atoms with Gasteiger partial charge in [0.05, 0.1) is 18.8 Å². The van der Waals surface area contributed by atoms with Gasteiger partial charge in [-0.05, 0) is 25.9 Å². The van der Waals surface area contributed by atoms with Crippen LogP contribution in [0, 0.1) is 0 Å². The van der Waals surface area contributed by atoms with E-state index < -0.39 is 12.7 Å². The third kappa shape index (κ3) is 8.01. The van der Waals surface area contributed by atoms with Gasteiger partial charge >= 0.3 is 6.18 Å². The summed E-state index contributed by atoms with van der Waals surface area (Å²) >= 11 is 0. The lowest BCUT2D eigenvalue weighted by Gasteiger charge is -2.22. The number of nitrogens with zero attached hydrogens (tertiary/aromatic N) is 4. The maximum Gasteiger partial charge on any atom is 0.401 e. The summed E-state index contributed by atoms with van der Waals surface area (Å²) in [7, 11) is 0. The molecule has 1 aromatic rings. The van der Waals surface area contributed by atoms with E-state index in [9.17, 15) is 13.2 Å². The van der Waals surface area contributed by atoms with Crippen molar-refractivity contribution < 1.29 is 13.2 Å². The molecule has 0 aliphatic heterocycles. The van der Waals surface area contributed by atoms with E-state index in [-0.39, 0.29) is 0 Å². The first-order chi connectivity index (χ1) is 9.94. The molecule has 0 bridgehead atoms. The van der Waals surface area contributed by atoms with Crippen LogP contribution < -0.4 is 5.32 Å². The molecule has 0 amide bonds. The van der Waals surface area contributed by atoms with Crippen molar-refractivity contribution in [3.8, 4) is 0 Å². The minimum Gasteiger partial charge on any atom is -0.311 e. The molecular formula is C13H24F3N5. The molecule has 0 fully saturated rings. The molecule has 0 saturated heterocycles. The topological polar surface area (TPSA) is 46.0 Å². The number of nitrogens with one attached hydrogen (secondary N) is 1. The molecule has 0 spiro atoms. The minimum atomic E-state index is -4.16. The standard InChI is InChI=1S/C13H24F3N5/c1-3-5-17-9-12-10-21(19-18-12)8-7-20(6-4-2)11-13(14,15)16/h10,17H,3-9,11H2,1-2H3. The number of hydrogen-bond acceptors (Lipinski definition) is 4. The molecule has 1 aromatic heterocycles. The van der Waals surface area contributed by atoms with Gasteiger partial charge in [-0.3, -0.25) is 9.58 Å². The zero-order valence-electron chi connectivity index (χ0n) is 12.7. The van der Waals surface area contributed by atoms with Crippen LogP contribution in [0.5, 0.6) is 0 Å². The van der Waals surface area contributed by atoms with Crippen LogP contribution in [-0.4, -0.2) is 52.2 Å². The summed E-state index contributed by atoms with van der Waals surface area (Å²) in [4.78, 5) is 1.40. The van der Waals surface area contributed by atoms with Crippen molar-refractivity contribution >= 4 is 0 Å². The van der Waals surface area contributed by atoms with Gasteiger partial charge in [0.15, 0.2) is 0 Å². The van der Waals surface area contributed by atoms with E-state index in [0.29, 0.717) is 32.6 Å². The van der Waals surface area contributed by atoms with Crippen molar-refractivity contribution in [1.29, 1.82) is 0 Å². The van der Waals surface area contributed by atoms with E-state index in [4.69, 9.17) is 0 Å². The van der Waals surface area contributed by atoms with Crippen molar-refractivity contribution in [3.05, 3.63) is 11.9 Å². The summed E-state index contributed by atoms with van der Waals surface area (Å²) in [6, 6.07) is 0. The normalized spacial score (nSPS) is 12.3. The van der Waals surface area contributed by atoms with Crippen LogP contribution in [0.15, 0.2) is 6.20 Å². The summed E-state index contributed by atoms with van der Waals surface area (Å²) < 4.78 is 38.9. The second kappa shape index (κ2) is 8.99. The Morgan fingerprint density at radius 1 is 1.24 bits per heavy atom. The van der Waals surface area contributed by atoms with Gasteiger partial charge in [0.2, 0.25) is 0 Å². The first-order valence-corrected chi connectivity index (χ1v) is 7.33. The zero-order valence-corrected chi connectivity index (χ0v) is 12.7. The van der Waals surface area contributed by atoms with Gasteiger partial charge < -0.3 is 5.32 Å². The second-order valence-corrected chi connectivity index (χ2v) is 5.04. The Morgan fingerprint density at radius 3 is 2.62 bits per heavy atom. The Morgan fingerprint density at radius 2 is 2.00 bits per heavy atom. The van der Waals surface area contributed by atoms with E-state index in [1.54, 1.807) is 10.9 Å². The maximum atomic E-state index is 12.4. The lowest BCUT2D eigenvalue weighted by atomic mass is 10.4. The Kier molecular flexibility index (Phi) is 7.66. The Hall–Kier alpha value is -1.15. The molecule has 0 radical (unpaired) electrons.